The number of guanidine groups is 1. The molecular formula is C18H30ClN5O2. The van der Waals surface area contributed by atoms with Crippen molar-refractivity contribution < 1.29 is 9.53 Å². The minimum atomic E-state index is -0.182. The van der Waals surface area contributed by atoms with Crippen LogP contribution in [0.1, 0.15) is 16.8 Å². The van der Waals surface area contributed by atoms with Crippen LogP contribution in [0.25, 0.3) is 0 Å². The number of hydrogen-bond acceptors (Lipinski definition) is 4. The van der Waals surface area contributed by atoms with Crippen molar-refractivity contribution in [1.82, 2.24) is 20.9 Å². The van der Waals surface area contributed by atoms with Crippen LogP contribution < -0.4 is 16.0 Å². The number of aliphatic imine (C=N–C) groups is 1. The normalized spacial score (nSPS) is 11.5. The van der Waals surface area contributed by atoms with E-state index in [-0.39, 0.29) is 5.91 Å². The largest absolute Gasteiger partial charge is 0.385 e. The van der Waals surface area contributed by atoms with Crippen molar-refractivity contribution in [1.29, 1.82) is 0 Å². The predicted molar refractivity (Wildman–Crippen MR) is 107 cm³/mol. The molecule has 1 amide bonds. The molecule has 1 rings (SSSR count). The molecule has 0 spiro atoms. The van der Waals surface area contributed by atoms with E-state index in [0.29, 0.717) is 29.6 Å². The van der Waals surface area contributed by atoms with E-state index in [0.717, 1.165) is 32.7 Å². The summed E-state index contributed by atoms with van der Waals surface area (Å²) in [5, 5.41) is 9.70. The summed E-state index contributed by atoms with van der Waals surface area (Å²) in [7, 11) is 5.52. The van der Waals surface area contributed by atoms with Crippen LogP contribution in [0.15, 0.2) is 29.3 Å². The molecule has 7 nitrogen and oxygen atoms in total. The third kappa shape index (κ3) is 9.03. The number of methoxy groups -OCH3 is 1. The highest BCUT2D eigenvalue weighted by Gasteiger charge is 2.08. The lowest BCUT2D eigenvalue weighted by Crippen LogP contribution is -2.43. The zero-order valence-electron chi connectivity index (χ0n) is 15.8. The van der Waals surface area contributed by atoms with Crippen LogP contribution in [0.2, 0.25) is 5.02 Å². The van der Waals surface area contributed by atoms with Gasteiger partial charge in [-0.15, -0.1) is 0 Å². The molecule has 146 valence electrons. The number of rotatable bonds is 11. The quantitative estimate of drug-likeness (QED) is 0.304. The lowest BCUT2D eigenvalue weighted by atomic mass is 10.2. The van der Waals surface area contributed by atoms with Crippen LogP contribution in [-0.4, -0.2) is 77.3 Å². The average molecular weight is 384 g/mol. The second-order valence-electron chi connectivity index (χ2n) is 5.81. The van der Waals surface area contributed by atoms with Gasteiger partial charge >= 0.3 is 0 Å². The third-order valence-electron chi connectivity index (χ3n) is 3.72. The summed E-state index contributed by atoms with van der Waals surface area (Å²) >= 11 is 6.01. The maximum atomic E-state index is 12.1. The Hall–Kier alpha value is -1.83. The minimum absolute atomic E-state index is 0.182. The Morgan fingerprint density at radius 3 is 2.54 bits per heavy atom. The van der Waals surface area contributed by atoms with Crippen LogP contribution in [-0.2, 0) is 4.74 Å². The SMILES string of the molecule is CN=C(NCCNC(=O)c1ccccc1Cl)NCCN(C)CCCOC. The van der Waals surface area contributed by atoms with Crippen LogP contribution in [0.3, 0.4) is 0 Å². The summed E-state index contributed by atoms with van der Waals surface area (Å²) in [5.41, 5.74) is 0.480. The van der Waals surface area contributed by atoms with Crippen LogP contribution in [0.5, 0.6) is 0 Å². The van der Waals surface area contributed by atoms with E-state index in [9.17, 15) is 4.79 Å². The number of halogens is 1. The van der Waals surface area contributed by atoms with Crippen molar-refractivity contribution in [3.8, 4) is 0 Å². The van der Waals surface area contributed by atoms with Gasteiger partial charge < -0.3 is 25.6 Å². The highest BCUT2D eigenvalue weighted by atomic mass is 35.5. The maximum Gasteiger partial charge on any atom is 0.252 e. The average Bonchev–Trinajstić information content (AvgIpc) is 2.64. The van der Waals surface area contributed by atoms with Gasteiger partial charge in [0.1, 0.15) is 0 Å². The van der Waals surface area contributed by atoms with Gasteiger partial charge in [0.05, 0.1) is 10.6 Å². The number of amides is 1. The van der Waals surface area contributed by atoms with Crippen molar-refractivity contribution in [3.05, 3.63) is 34.9 Å². The number of carbonyl (C=O) groups excluding carboxylic acids is 1. The Morgan fingerprint density at radius 1 is 1.15 bits per heavy atom. The number of hydrogen-bond donors (Lipinski definition) is 3. The zero-order valence-corrected chi connectivity index (χ0v) is 16.6. The van der Waals surface area contributed by atoms with Crippen LogP contribution >= 0.6 is 11.6 Å². The molecule has 0 bridgehead atoms. The fourth-order valence-corrected chi connectivity index (χ4v) is 2.50. The Bertz CT molecular complexity index is 568. The van der Waals surface area contributed by atoms with Crippen LogP contribution in [0, 0.1) is 0 Å². The first kappa shape index (κ1) is 22.2. The Morgan fingerprint density at radius 2 is 1.85 bits per heavy atom. The molecule has 26 heavy (non-hydrogen) atoms. The smallest absolute Gasteiger partial charge is 0.252 e. The molecule has 0 aliphatic rings. The molecule has 8 heteroatoms. The standard InChI is InChI=1S/C18H30ClN5O2/c1-20-18(23-11-13-24(2)12-6-14-26-3)22-10-9-21-17(25)15-7-4-5-8-16(15)19/h4-5,7-8H,6,9-14H2,1-3H3,(H,21,25)(H2,20,22,23). The second kappa shape index (κ2) is 13.4. The predicted octanol–water partition coefficient (Wildman–Crippen LogP) is 1.20. The molecular weight excluding hydrogens is 354 g/mol. The number of likely N-dealkylation sites (N-methyl/N-ethyl adjacent to an activating group) is 1. The number of nitrogens with zero attached hydrogens (tertiary/aromatic N) is 2. The topological polar surface area (TPSA) is 78.0 Å². The van der Waals surface area contributed by atoms with Gasteiger partial charge in [0, 0.05) is 53.5 Å². The fourth-order valence-electron chi connectivity index (χ4n) is 2.27. The van der Waals surface area contributed by atoms with Gasteiger partial charge in [-0.1, -0.05) is 23.7 Å². The van der Waals surface area contributed by atoms with Gasteiger partial charge in [0.2, 0.25) is 0 Å². The van der Waals surface area contributed by atoms with E-state index in [2.05, 4.69) is 32.9 Å². The Balaban J connectivity index is 2.18. The van der Waals surface area contributed by atoms with Gasteiger partial charge in [-0.25, -0.2) is 0 Å². The maximum absolute atomic E-state index is 12.1. The summed E-state index contributed by atoms with van der Waals surface area (Å²) in [5.74, 6) is 0.528. The highest BCUT2D eigenvalue weighted by Crippen LogP contribution is 2.14. The summed E-state index contributed by atoms with van der Waals surface area (Å²) in [4.78, 5) is 18.5. The lowest BCUT2D eigenvalue weighted by molar-refractivity contribution is 0.0954. The molecule has 1 aromatic rings. The monoisotopic (exact) mass is 383 g/mol. The van der Waals surface area contributed by atoms with Crippen molar-refractivity contribution in [2.75, 3.05) is 60.5 Å². The van der Waals surface area contributed by atoms with Gasteiger partial charge in [0.25, 0.3) is 5.91 Å². The molecule has 1 aromatic carbocycles. The third-order valence-corrected chi connectivity index (χ3v) is 4.05. The van der Waals surface area contributed by atoms with E-state index >= 15 is 0 Å². The molecule has 0 saturated carbocycles. The molecule has 0 atom stereocenters. The highest BCUT2D eigenvalue weighted by molar-refractivity contribution is 6.33. The van der Waals surface area contributed by atoms with Gasteiger partial charge in [-0.05, 0) is 25.6 Å². The molecule has 0 fully saturated rings. The summed E-state index contributed by atoms with van der Waals surface area (Å²) in [6.45, 7) is 4.51. The van der Waals surface area contributed by atoms with Crippen molar-refractivity contribution in [2.45, 2.75) is 6.42 Å². The zero-order chi connectivity index (χ0) is 19.2. The number of nitrogens with one attached hydrogen (secondary N) is 3. The van der Waals surface area contributed by atoms with E-state index < -0.39 is 0 Å². The molecule has 0 radical (unpaired) electrons. The molecule has 0 aromatic heterocycles. The number of ether oxygens (including phenoxy) is 1. The van der Waals surface area contributed by atoms with Gasteiger partial charge in [-0.2, -0.15) is 0 Å². The molecule has 3 N–H and O–H groups in total. The van der Waals surface area contributed by atoms with E-state index in [1.165, 1.54) is 0 Å². The van der Waals surface area contributed by atoms with Crippen molar-refractivity contribution in [2.24, 2.45) is 4.99 Å². The van der Waals surface area contributed by atoms with Gasteiger partial charge in [-0.3, -0.25) is 9.79 Å². The summed E-state index contributed by atoms with van der Waals surface area (Å²) in [6, 6.07) is 6.99. The second-order valence-corrected chi connectivity index (χ2v) is 6.22. The first-order valence-electron chi connectivity index (χ1n) is 8.73. The Labute approximate surface area is 161 Å². The lowest BCUT2D eigenvalue weighted by Gasteiger charge is -2.18. The molecule has 0 unspecified atom stereocenters. The number of carbonyl (C=O) groups is 1. The molecule has 0 aliphatic heterocycles. The Kier molecular flexibility index (Phi) is 11.4. The first-order chi connectivity index (χ1) is 12.6. The fraction of sp³-hybridized carbons (Fsp3) is 0.556. The first-order valence-corrected chi connectivity index (χ1v) is 9.11. The van der Waals surface area contributed by atoms with E-state index in [4.69, 9.17) is 16.3 Å². The summed E-state index contributed by atoms with van der Waals surface area (Å²) < 4.78 is 5.05. The van der Waals surface area contributed by atoms with Crippen molar-refractivity contribution >= 4 is 23.5 Å². The molecule has 0 saturated heterocycles. The minimum Gasteiger partial charge on any atom is -0.385 e. The number of benzene rings is 1. The molecule has 0 aliphatic carbocycles. The molecule has 0 heterocycles. The summed E-state index contributed by atoms with van der Waals surface area (Å²) in [6.07, 6.45) is 1.02. The van der Waals surface area contributed by atoms with Crippen LogP contribution in [0.4, 0.5) is 0 Å². The van der Waals surface area contributed by atoms with Crippen molar-refractivity contribution in [3.63, 3.8) is 0 Å². The van der Waals surface area contributed by atoms with E-state index in [1.807, 2.05) is 0 Å². The van der Waals surface area contributed by atoms with E-state index in [1.54, 1.807) is 38.4 Å². The van der Waals surface area contributed by atoms with Gasteiger partial charge in [0.15, 0.2) is 5.96 Å².